The Morgan fingerprint density at radius 2 is 2.00 bits per heavy atom. The molecular weight excluding hydrogens is 242 g/mol. The molecule has 3 heteroatoms. The van der Waals surface area contributed by atoms with Gasteiger partial charge in [-0.25, -0.2) is 4.98 Å². The number of aromatic nitrogens is 1. The molecule has 102 valence electrons. The van der Waals surface area contributed by atoms with E-state index in [1.165, 1.54) is 0 Å². The maximum Gasteiger partial charge on any atom is 0.0957 e. The average molecular weight is 267 g/mol. The largest absolute Gasteiger partial charge is 0.389 e. The first-order valence-corrected chi connectivity index (χ1v) is 7.65. The van der Waals surface area contributed by atoms with Crippen LogP contribution in [0.15, 0.2) is 5.38 Å². The van der Waals surface area contributed by atoms with E-state index in [9.17, 15) is 5.11 Å². The highest BCUT2D eigenvalue weighted by atomic mass is 32.1. The summed E-state index contributed by atoms with van der Waals surface area (Å²) in [6.07, 6.45) is 3.63. The quantitative estimate of drug-likeness (QED) is 0.881. The summed E-state index contributed by atoms with van der Waals surface area (Å²) in [7, 11) is 0. The zero-order chi connectivity index (χ0) is 13.6. The number of hydrogen-bond acceptors (Lipinski definition) is 3. The fourth-order valence-corrected chi connectivity index (χ4v) is 3.96. The predicted octanol–water partition coefficient (Wildman–Crippen LogP) is 3.92. The smallest absolute Gasteiger partial charge is 0.0957 e. The number of hydrogen-bond donors (Lipinski definition) is 1. The first-order valence-electron chi connectivity index (χ1n) is 6.77. The number of nitrogens with zero attached hydrogens (tertiary/aromatic N) is 1. The summed E-state index contributed by atoms with van der Waals surface area (Å²) >= 11 is 1.69. The van der Waals surface area contributed by atoms with Gasteiger partial charge in [0.25, 0.3) is 0 Å². The van der Waals surface area contributed by atoms with Crippen molar-refractivity contribution in [3.63, 3.8) is 0 Å². The van der Waals surface area contributed by atoms with E-state index < -0.39 is 5.60 Å². The monoisotopic (exact) mass is 267 g/mol. The predicted molar refractivity (Wildman–Crippen MR) is 77.1 cm³/mol. The topological polar surface area (TPSA) is 33.1 Å². The standard InChI is InChI=1S/C15H25NOS/c1-13(2,3)11-9-18-12(16-11)8-15(17)7-6-14(4,5)10-15/h9,17H,6-8,10H2,1-5H3. The molecule has 1 aliphatic rings. The Kier molecular flexibility index (Phi) is 3.35. The van der Waals surface area contributed by atoms with Crippen LogP contribution in [-0.2, 0) is 11.8 Å². The Morgan fingerprint density at radius 3 is 2.44 bits per heavy atom. The van der Waals surface area contributed by atoms with Crippen LogP contribution in [0, 0.1) is 5.41 Å². The van der Waals surface area contributed by atoms with Gasteiger partial charge < -0.3 is 5.11 Å². The molecule has 0 radical (unpaired) electrons. The van der Waals surface area contributed by atoms with Gasteiger partial charge >= 0.3 is 0 Å². The summed E-state index contributed by atoms with van der Waals surface area (Å²) in [4.78, 5) is 4.70. The van der Waals surface area contributed by atoms with E-state index in [0.29, 0.717) is 0 Å². The molecule has 1 atom stereocenters. The van der Waals surface area contributed by atoms with E-state index in [2.05, 4.69) is 40.0 Å². The molecule has 1 saturated carbocycles. The van der Waals surface area contributed by atoms with Gasteiger partial charge in [0.2, 0.25) is 0 Å². The first-order chi connectivity index (χ1) is 8.10. The lowest BCUT2D eigenvalue weighted by Crippen LogP contribution is -2.29. The van der Waals surface area contributed by atoms with E-state index in [4.69, 9.17) is 4.98 Å². The van der Waals surface area contributed by atoms with E-state index in [-0.39, 0.29) is 10.8 Å². The minimum absolute atomic E-state index is 0.103. The highest BCUT2D eigenvalue weighted by Crippen LogP contribution is 2.45. The third kappa shape index (κ3) is 3.12. The molecule has 2 rings (SSSR count). The average Bonchev–Trinajstić information content (AvgIpc) is 2.71. The second-order valence-corrected chi connectivity index (χ2v) is 8.56. The third-order valence-corrected chi connectivity index (χ3v) is 4.72. The SMILES string of the molecule is CC1(C)CCC(O)(Cc2nc(C(C)(C)C)cs2)C1. The summed E-state index contributed by atoms with van der Waals surface area (Å²) < 4.78 is 0. The van der Waals surface area contributed by atoms with Crippen molar-refractivity contribution in [3.8, 4) is 0 Å². The lowest BCUT2D eigenvalue weighted by Gasteiger charge is -2.24. The minimum Gasteiger partial charge on any atom is -0.389 e. The van der Waals surface area contributed by atoms with Crippen molar-refractivity contribution in [2.24, 2.45) is 5.41 Å². The molecule has 0 bridgehead atoms. The molecular formula is C15H25NOS. The molecule has 1 unspecified atom stereocenters. The van der Waals surface area contributed by atoms with Crippen LogP contribution in [0.5, 0.6) is 0 Å². The molecule has 1 aliphatic carbocycles. The van der Waals surface area contributed by atoms with Crippen molar-refractivity contribution in [1.82, 2.24) is 4.98 Å². The van der Waals surface area contributed by atoms with Gasteiger partial charge in [0.1, 0.15) is 0 Å². The zero-order valence-corrected chi connectivity index (χ0v) is 13.0. The maximum atomic E-state index is 10.7. The lowest BCUT2D eigenvalue weighted by atomic mass is 9.88. The van der Waals surface area contributed by atoms with E-state index in [1.54, 1.807) is 11.3 Å². The van der Waals surface area contributed by atoms with Gasteiger partial charge in [-0.05, 0) is 24.7 Å². The fourth-order valence-electron chi connectivity index (χ4n) is 2.81. The van der Waals surface area contributed by atoms with Crippen molar-refractivity contribution in [3.05, 3.63) is 16.1 Å². The Labute approximate surface area is 114 Å². The molecule has 1 fully saturated rings. The Morgan fingerprint density at radius 1 is 1.33 bits per heavy atom. The van der Waals surface area contributed by atoms with Gasteiger partial charge in [0.05, 0.1) is 16.3 Å². The van der Waals surface area contributed by atoms with Crippen molar-refractivity contribution in [1.29, 1.82) is 0 Å². The summed E-state index contributed by atoms with van der Waals surface area (Å²) in [5.74, 6) is 0. The number of aliphatic hydroxyl groups is 1. The van der Waals surface area contributed by atoms with Crippen LogP contribution in [0.2, 0.25) is 0 Å². The van der Waals surface area contributed by atoms with Crippen molar-refractivity contribution in [2.45, 2.75) is 71.3 Å². The third-order valence-electron chi connectivity index (χ3n) is 3.88. The van der Waals surface area contributed by atoms with Crippen LogP contribution >= 0.6 is 11.3 Å². The summed E-state index contributed by atoms with van der Waals surface area (Å²) in [6.45, 7) is 11.0. The molecule has 1 aromatic rings. The van der Waals surface area contributed by atoms with Crippen LogP contribution in [-0.4, -0.2) is 15.7 Å². The van der Waals surface area contributed by atoms with Crippen molar-refractivity contribution in [2.75, 3.05) is 0 Å². The van der Waals surface area contributed by atoms with Gasteiger partial charge in [-0.3, -0.25) is 0 Å². The normalized spacial score (nSPS) is 27.7. The van der Waals surface area contributed by atoms with Crippen molar-refractivity contribution < 1.29 is 5.11 Å². The van der Waals surface area contributed by atoms with Crippen LogP contribution < -0.4 is 0 Å². The Bertz CT molecular complexity index is 430. The molecule has 18 heavy (non-hydrogen) atoms. The fraction of sp³-hybridized carbons (Fsp3) is 0.800. The summed E-state index contributed by atoms with van der Waals surface area (Å²) in [5.41, 5.74) is 0.991. The second-order valence-electron chi connectivity index (χ2n) is 7.62. The molecule has 0 spiro atoms. The van der Waals surface area contributed by atoms with Crippen molar-refractivity contribution >= 4 is 11.3 Å². The highest BCUT2D eigenvalue weighted by molar-refractivity contribution is 7.09. The zero-order valence-electron chi connectivity index (χ0n) is 12.2. The lowest BCUT2D eigenvalue weighted by molar-refractivity contribution is 0.0378. The molecule has 1 N–H and O–H groups in total. The van der Waals surface area contributed by atoms with Crippen LogP contribution in [0.25, 0.3) is 0 Å². The van der Waals surface area contributed by atoms with Gasteiger partial charge in [-0.15, -0.1) is 11.3 Å². The van der Waals surface area contributed by atoms with Gasteiger partial charge in [0, 0.05) is 17.2 Å². The summed E-state index contributed by atoms with van der Waals surface area (Å²) in [6, 6.07) is 0. The van der Waals surface area contributed by atoms with Gasteiger partial charge in [-0.1, -0.05) is 34.6 Å². The van der Waals surface area contributed by atoms with Gasteiger partial charge in [-0.2, -0.15) is 0 Å². The minimum atomic E-state index is -0.531. The Hall–Kier alpha value is -0.410. The molecule has 0 amide bonds. The second kappa shape index (κ2) is 4.31. The van der Waals surface area contributed by atoms with E-state index >= 15 is 0 Å². The maximum absolute atomic E-state index is 10.7. The first kappa shape index (κ1) is 14.0. The van der Waals surface area contributed by atoms with E-state index in [1.807, 2.05) is 0 Å². The van der Waals surface area contributed by atoms with Crippen LogP contribution in [0.3, 0.4) is 0 Å². The summed E-state index contributed by atoms with van der Waals surface area (Å²) in [5, 5.41) is 13.9. The Balaban J connectivity index is 2.09. The molecule has 2 nitrogen and oxygen atoms in total. The molecule has 0 saturated heterocycles. The molecule has 0 aliphatic heterocycles. The number of thiazole rings is 1. The number of rotatable bonds is 2. The van der Waals surface area contributed by atoms with E-state index in [0.717, 1.165) is 36.4 Å². The van der Waals surface area contributed by atoms with Gasteiger partial charge in [0.15, 0.2) is 0 Å². The van der Waals surface area contributed by atoms with Crippen LogP contribution in [0.4, 0.5) is 0 Å². The van der Waals surface area contributed by atoms with Crippen LogP contribution in [0.1, 0.15) is 64.6 Å². The highest BCUT2D eigenvalue weighted by Gasteiger charge is 2.42. The molecule has 1 heterocycles. The molecule has 0 aromatic carbocycles. The molecule has 1 aromatic heterocycles.